The number of benzene rings is 11. The molecule has 0 saturated heterocycles. The molecule has 1 aliphatic carbocycles. The molecule has 1 aliphatic rings. The van der Waals surface area contributed by atoms with E-state index in [1.54, 1.807) is 0 Å². The van der Waals surface area contributed by atoms with Crippen LogP contribution in [0.2, 0.25) is 0 Å². The van der Waals surface area contributed by atoms with Crippen LogP contribution in [0.4, 0.5) is 28.4 Å². The van der Waals surface area contributed by atoms with E-state index in [2.05, 4.69) is 289 Å². The highest BCUT2D eigenvalue weighted by molar-refractivity contribution is 6.00. The zero-order valence-electron chi connectivity index (χ0n) is 38.9. The average Bonchev–Trinajstić information content (AvgIpc) is 3.44. The Bertz CT molecular complexity index is 3610. The predicted octanol–water partition coefficient (Wildman–Crippen LogP) is 18.8. The SMILES string of the molecule is C1=C(N(c2ccccc2)c2ccc(-c3ccc(-c4ccc(N(c5ccc(-c6ccccc6)cc5)c5cccc6ccccc56)cc4-c4ccccc4)cc3)c(-c3ccccc3)c2)c2ccccc2CC1. The summed E-state index contributed by atoms with van der Waals surface area (Å²) in [6, 6.07) is 99.3. The van der Waals surface area contributed by atoms with E-state index in [1.807, 2.05) is 0 Å². The van der Waals surface area contributed by atoms with E-state index in [1.165, 1.54) is 77.7 Å². The first-order valence-electron chi connectivity index (χ1n) is 24.3. The number of aryl methyl sites for hydroxylation is 1. The summed E-state index contributed by atoms with van der Waals surface area (Å²) in [6.07, 6.45) is 4.47. The molecule has 0 amide bonds. The lowest BCUT2D eigenvalue weighted by Crippen LogP contribution is -2.18. The molecule has 0 spiro atoms. The smallest absolute Gasteiger partial charge is 0.0540 e. The molecule has 0 N–H and O–H groups in total. The van der Waals surface area contributed by atoms with Gasteiger partial charge < -0.3 is 9.80 Å². The first-order valence-corrected chi connectivity index (χ1v) is 24.3. The first-order chi connectivity index (χ1) is 34.7. The van der Waals surface area contributed by atoms with E-state index in [0.29, 0.717) is 0 Å². The summed E-state index contributed by atoms with van der Waals surface area (Å²) in [5.41, 5.74) is 21.3. The summed E-state index contributed by atoms with van der Waals surface area (Å²) in [6.45, 7) is 0. The molecule has 11 aromatic rings. The van der Waals surface area contributed by atoms with Crippen LogP contribution >= 0.6 is 0 Å². The molecule has 11 aromatic carbocycles. The summed E-state index contributed by atoms with van der Waals surface area (Å²) < 4.78 is 0. The molecular formula is C68H50N2. The molecule has 2 heteroatoms. The Hall–Kier alpha value is -8.98. The molecule has 0 aliphatic heterocycles. The molecule has 0 unspecified atom stereocenters. The molecule has 2 nitrogen and oxygen atoms in total. The van der Waals surface area contributed by atoms with Crippen LogP contribution in [0.3, 0.4) is 0 Å². The molecule has 0 aromatic heterocycles. The quantitative estimate of drug-likeness (QED) is 0.128. The van der Waals surface area contributed by atoms with Gasteiger partial charge in [-0.2, -0.15) is 0 Å². The van der Waals surface area contributed by atoms with Crippen LogP contribution in [0, 0.1) is 0 Å². The van der Waals surface area contributed by atoms with Gasteiger partial charge in [0.25, 0.3) is 0 Å². The van der Waals surface area contributed by atoms with Gasteiger partial charge in [0.05, 0.1) is 5.69 Å². The van der Waals surface area contributed by atoms with Crippen LogP contribution < -0.4 is 9.80 Å². The van der Waals surface area contributed by atoms with Gasteiger partial charge in [-0.25, -0.2) is 0 Å². The molecule has 70 heavy (non-hydrogen) atoms. The van der Waals surface area contributed by atoms with Crippen molar-refractivity contribution in [2.45, 2.75) is 12.8 Å². The molecular weight excluding hydrogens is 845 g/mol. The fourth-order valence-electron chi connectivity index (χ4n) is 10.3. The lowest BCUT2D eigenvalue weighted by Gasteiger charge is -2.32. The van der Waals surface area contributed by atoms with Gasteiger partial charge in [-0.05, 0) is 134 Å². The van der Waals surface area contributed by atoms with E-state index in [9.17, 15) is 0 Å². The van der Waals surface area contributed by atoms with Crippen molar-refractivity contribution in [3.05, 3.63) is 290 Å². The number of anilines is 5. The molecule has 0 heterocycles. The van der Waals surface area contributed by atoms with Crippen LogP contribution in [0.25, 0.3) is 72.1 Å². The summed E-state index contributed by atoms with van der Waals surface area (Å²) in [4.78, 5) is 4.85. The lowest BCUT2D eigenvalue weighted by atomic mass is 9.90. The third-order valence-corrected chi connectivity index (χ3v) is 13.7. The van der Waals surface area contributed by atoms with Gasteiger partial charge in [0, 0.05) is 39.4 Å². The Kier molecular flexibility index (Phi) is 11.5. The highest BCUT2D eigenvalue weighted by atomic mass is 15.2. The standard InChI is InChI=1S/C68H50N2/c1-5-19-49(20-6-1)50-39-41-58(42-40-50)70(68-34-18-28-52-26-14-16-32-64(52)68)60-44-46-62(66(48-60)54-23-9-3-10-24-54)56-37-35-55(36-38-56)61-45-43-59(47-65(61)53-21-7-2-8-22-53)69(57-29-11-4-12-30-57)67-33-17-27-51-25-13-15-31-63(51)67/h1-16,18-26,28-48H,17,27H2. The van der Waals surface area contributed by atoms with E-state index in [4.69, 9.17) is 0 Å². The minimum absolute atomic E-state index is 1.01. The minimum atomic E-state index is 1.01. The maximum Gasteiger partial charge on any atom is 0.0540 e. The molecule has 332 valence electrons. The van der Waals surface area contributed by atoms with Crippen molar-refractivity contribution in [2.75, 3.05) is 9.80 Å². The van der Waals surface area contributed by atoms with Crippen molar-refractivity contribution >= 4 is 44.9 Å². The van der Waals surface area contributed by atoms with Gasteiger partial charge in [0.2, 0.25) is 0 Å². The molecule has 12 rings (SSSR count). The van der Waals surface area contributed by atoms with Crippen LogP contribution in [0.15, 0.2) is 279 Å². The molecule has 0 atom stereocenters. The van der Waals surface area contributed by atoms with E-state index < -0.39 is 0 Å². The highest BCUT2D eigenvalue weighted by Crippen LogP contribution is 2.46. The van der Waals surface area contributed by atoms with Gasteiger partial charge in [0.1, 0.15) is 0 Å². The van der Waals surface area contributed by atoms with Crippen LogP contribution in [0.1, 0.15) is 17.5 Å². The monoisotopic (exact) mass is 894 g/mol. The number of hydrogen-bond acceptors (Lipinski definition) is 2. The fraction of sp³-hybridized carbons (Fsp3) is 0.0294. The molecule has 0 saturated carbocycles. The van der Waals surface area contributed by atoms with Crippen molar-refractivity contribution in [1.29, 1.82) is 0 Å². The lowest BCUT2D eigenvalue weighted by molar-refractivity contribution is 0.968. The zero-order valence-corrected chi connectivity index (χ0v) is 38.9. The van der Waals surface area contributed by atoms with Crippen molar-refractivity contribution in [1.82, 2.24) is 0 Å². The van der Waals surface area contributed by atoms with Gasteiger partial charge >= 0.3 is 0 Å². The second kappa shape index (κ2) is 19.0. The topological polar surface area (TPSA) is 6.48 Å². The zero-order chi connectivity index (χ0) is 46.6. The Morgan fingerprint density at radius 2 is 0.714 bits per heavy atom. The average molecular weight is 895 g/mol. The number of hydrogen-bond donors (Lipinski definition) is 0. The number of nitrogens with zero attached hydrogens (tertiary/aromatic N) is 2. The molecule has 0 fully saturated rings. The Morgan fingerprint density at radius 1 is 0.271 bits per heavy atom. The number of para-hydroxylation sites is 1. The third-order valence-electron chi connectivity index (χ3n) is 13.7. The van der Waals surface area contributed by atoms with Gasteiger partial charge in [-0.1, -0.05) is 224 Å². The normalized spacial score (nSPS) is 12.0. The largest absolute Gasteiger partial charge is 0.310 e. The van der Waals surface area contributed by atoms with Crippen molar-refractivity contribution in [3.63, 3.8) is 0 Å². The summed E-state index contributed by atoms with van der Waals surface area (Å²) in [5, 5.41) is 2.40. The van der Waals surface area contributed by atoms with Gasteiger partial charge in [0.15, 0.2) is 0 Å². The Morgan fingerprint density at radius 3 is 1.34 bits per heavy atom. The van der Waals surface area contributed by atoms with E-state index >= 15 is 0 Å². The van der Waals surface area contributed by atoms with E-state index in [0.717, 1.165) is 46.8 Å². The second-order valence-corrected chi connectivity index (χ2v) is 18.0. The van der Waals surface area contributed by atoms with Crippen LogP contribution in [0.5, 0.6) is 0 Å². The summed E-state index contributed by atoms with van der Waals surface area (Å²) in [5.74, 6) is 0. The number of fused-ring (bicyclic) bond motifs is 2. The first kappa shape index (κ1) is 42.4. The van der Waals surface area contributed by atoms with Crippen molar-refractivity contribution in [3.8, 4) is 55.6 Å². The van der Waals surface area contributed by atoms with Crippen molar-refractivity contribution < 1.29 is 0 Å². The van der Waals surface area contributed by atoms with Crippen LogP contribution in [-0.2, 0) is 6.42 Å². The van der Waals surface area contributed by atoms with Gasteiger partial charge in [-0.15, -0.1) is 0 Å². The molecule has 0 bridgehead atoms. The Balaban J connectivity index is 0.957. The second-order valence-electron chi connectivity index (χ2n) is 18.0. The highest BCUT2D eigenvalue weighted by Gasteiger charge is 2.23. The molecule has 0 radical (unpaired) electrons. The third kappa shape index (κ3) is 8.27. The Labute approximate surface area is 411 Å². The fourth-order valence-corrected chi connectivity index (χ4v) is 10.3. The summed E-state index contributed by atoms with van der Waals surface area (Å²) >= 11 is 0. The maximum atomic E-state index is 2.44. The number of allylic oxidation sites excluding steroid dienone is 1. The van der Waals surface area contributed by atoms with Crippen molar-refractivity contribution in [2.24, 2.45) is 0 Å². The summed E-state index contributed by atoms with van der Waals surface area (Å²) in [7, 11) is 0. The maximum absolute atomic E-state index is 2.44. The van der Waals surface area contributed by atoms with Gasteiger partial charge in [-0.3, -0.25) is 0 Å². The number of rotatable bonds is 11. The van der Waals surface area contributed by atoms with Crippen LogP contribution in [-0.4, -0.2) is 0 Å². The minimum Gasteiger partial charge on any atom is -0.310 e. The predicted molar refractivity (Wildman–Crippen MR) is 297 cm³/mol. The van der Waals surface area contributed by atoms with E-state index in [-0.39, 0.29) is 0 Å².